The molecule has 0 fully saturated rings. The Hall–Kier alpha value is -0.610. The number of thiazole rings is 1. The van der Waals surface area contributed by atoms with Gasteiger partial charge in [-0.15, -0.1) is 22.9 Å². The Morgan fingerprint density at radius 1 is 1.37 bits per heavy atom. The van der Waals surface area contributed by atoms with E-state index in [2.05, 4.69) is 11.9 Å². The first-order valence-corrected chi connectivity index (χ1v) is 7.89. The van der Waals surface area contributed by atoms with E-state index in [9.17, 15) is 0 Å². The molecule has 102 valence electrons. The van der Waals surface area contributed by atoms with Crippen LogP contribution in [0.4, 0.5) is 0 Å². The van der Waals surface area contributed by atoms with Gasteiger partial charge in [0.15, 0.2) is 0 Å². The quantitative estimate of drug-likeness (QED) is 0.683. The number of hydrogen-bond donors (Lipinski definition) is 0. The zero-order valence-corrected chi connectivity index (χ0v) is 12.9. The molecule has 1 unspecified atom stereocenters. The first-order chi connectivity index (χ1) is 9.24. The molecule has 1 heterocycles. The van der Waals surface area contributed by atoms with Crippen molar-refractivity contribution in [3.8, 4) is 0 Å². The summed E-state index contributed by atoms with van der Waals surface area (Å²) in [6.45, 7) is 2.58. The average Bonchev–Trinajstić information content (AvgIpc) is 2.90. The summed E-state index contributed by atoms with van der Waals surface area (Å²) in [5, 5.41) is 3.69. The number of aromatic nitrogens is 1. The summed E-state index contributed by atoms with van der Waals surface area (Å²) in [4.78, 5) is 4.46. The van der Waals surface area contributed by atoms with E-state index in [-0.39, 0.29) is 6.10 Å². The minimum atomic E-state index is -0.00163. The van der Waals surface area contributed by atoms with Gasteiger partial charge in [0.05, 0.1) is 18.2 Å². The highest BCUT2D eigenvalue weighted by atomic mass is 35.5. The van der Waals surface area contributed by atoms with E-state index in [1.165, 1.54) is 0 Å². The highest BCUT2D eigenvalue weighted by molar-refractivity contribution is 7.09. The van der Waals surface area contributed by atoms with Gasteiger partial charge in [0, 0.05) is 10.4 Å². The Morgan fingerprint density at radius 2 is 2.16 bits per heavy atom. The molecule has 0 saturated heterocycles. The Morgan fingerprint density at radius 3 is 2.79 bits per heavy atom. The molecule has 2 aromatic rings. The topological polar surface area (TPSA) is 22.1 Å². The lowest BCUT2D eigenvalue weighted by molar-refractivity contribution is 0.0370. The van der Waals surface area contributed by atoms with Crippen LogP contribution < -0.4 is 0 Å². The Kier molecular flexibility index (Phi) is 5.64. The van der Waals surface area contributed by atoms with Gasteiger partial charge in [0.2, 0.25) is 0 Å². The zero-order valence-electron chi connectivity index (χ0n) is 10.6. The maximum absolute atomic E-state index is 6.11. The van der Waals surface area contributed by atoms with E-state index in [0.717, 1.165) is 27.7 Å². The molecule has 2 nitrogen and oxygen atoms in total. The first-order valence-electron chi connectivity index (χ1n) is 6.09. The van der Waals surface area contributed by atoms with Crippen LogP contribution in [0.15, 0.2) is 29.6 Å². The molecule has 0 saturated carbocycles. The lowest BCUT2D eigenvalue weighted by Crippen LogP contribution is -2.03. The number of nitrogens with zero attached hydrogens (tertiary/aromatic N) is 1. The predicted molar refractivity (Wildman–Crippen MR) is 80.9 cm³/mol. The summed E-state index contributed by atoms with van der Waals surface area (Å²) in [5.74, 6) is 0.442. The van der Waals surface area contributed by atoms with E-state index in [0.29, 0.717) is 12.5 Å². The van der Waals surface area contributed by atoms with Gasteiger partial charge < -0.3 is 4.74 Å². The second-order valence-electron chi connectivity index (χ2n) is 4.11. The fourth-order valence-corrected chi connectivity index (χ4v) is 3.07. The normalized spacial score (nSPS) is 12.6. The lowest BCUT2D eigenvalue weighted by Gasteiger charge is -2.14. The molecule has 1 aromatic heterocycles. The van der Waals surface area contributed by atoms with Crippen LogP contribution >= 0.6 is 34.5 Å². The van der Waals surface area contributed by atoms with Crippen LogP contribution in [0, 0.1) is 0 Å². The minimum absolute atomic E-state index is 0.00163. The molecular weight excluding hydrogens is 301 g/mol. The van der Waals surface area contributed by atoms with Gasteiger partial charge in [0.25, 0.3) is 0 Å². The third-order valence-electron chi connectivity index (χ3n) is 2.75. The van der Waals surface area contributed by atoms with Crippen LogP contribution in [0.25, 0.3) is 0 Å². The molecule has 19 heavy (non-hydrogen) atoms. The molecule has 0 radical (unpaired) electrons. The van der Waals surface area contributed by atoms with Crippen LogP contribution in [0.2, 0.25) is 5.02 Å². The molecule has 0 amide bonds. The zero-order chi connectivity index (χ0) is 13.7. The Bertz CT molecular complexity index is 530. The molecule has 0 aliphatic heterocycles. The molecule has 0 aliphatic carbocycles. The fraction of sp³-hybridized carbons (Fsp3) is 0.357. The van der Waals surface area contributed by atoms with Crippen molar-refractivity contribution in [2.45, 2.75) is 31.9 Å². The van der Waals surface area contributed by atoms with E-state index >= 15 is 0 Å². The fourth-order valence-electron chi connectivity index (χ4n) is 1.70. The lowest BCUT2D eigenvalue weighted by atomic mass is 10.2. The molecular formula is C14H15Cl2NOS. The second kappa shape index (κ2) is 7.25. The number of halogens is 2. The largest absolute Gasteiger partial charge is 0.366 e. The number of benzene rings is 1. The van der Waals surface area contributed by atoms with E-state index in [1.54, 1.807) is 11.3 Å². The summed E-state index contributed by atoms with van der Waals surface area (Å²) in [7, 11) is 0. The number of ether oxygens (including phenoxy) is 1. The third-order valence-corrected chi connectivity index (χ3v) is 4.38. The maximum Gasteiger partial charge on any atom is 0.122 e. The van der Waals surface area contributed by atoms with Gasteiger partial charge in [-0.3, -0.25) is 0 Å². The average molecular weight is 316 g/mol. The number of alkyl halides is 1. The van der Waals surface area contributed by atoms with Crippen molar-refractivity contribution in [2.24, 2.45) is 0 Å². The predicted octanol–water partition coefficient (Wildman–Crippen LogP) is 5.20. The molecule has 5 heteroatoms. The summed E-state index contributed by atoms with van der Waals surface area (Å²) in [5.41, 5.74) is 1.90. The van der Waals surface area contributed by atoms with Crippen molar-refractivity contribution >= 4 is 34.5 Å². The second-order valence-corrected chi connectivity index (χ2v) is 5.67. The molecule has 1 atom stereocenters. The summed E-state index contributed by atoms with van der Waals surface area (Å²) in [6, 6.07) is 7.72. The van der Waals surface area contributed by atoms with Gasteiger partial charge in [-0.25, -0.2) is 4.98 Å². The van der Waals surface area contributed by atoms with E-state index in [4.69, 9.17) is 27.9 Å². The number of rotatable bonds is 6. The molecule has 2 rings (SSSR count). The van der Waals surface area contributed by atoms with Crippen LogP contribution in [0.3, 0.4) is 0 Å². The Labute approximate surface area is 127 Å². The maximum atomic E-state index is 6.11. The Balaban J connectivity index is 2.02. The van der Waals surface area contributed by atoms with Crippen LogP contribution in [-0.2, 0) is 17.2 Å². The highest BCUT2D eigenvalue weighted by Crippen LogP contribution is 2.27. The van der Waals surface area contributed by atoms with Crippen molar-refractivity contribution in [2.75, 3.05) is 0 Å². The minimum Gasteiger partial charge on any atom is -0.366 e. The van der Waals surface area contributed by atoms with Gasteiger partial charge in [-0.05, 0) is 18.1 Å². The van der Waals surface area contributed by atoms with Gasteiger partial charge in [-0.1, -0.05) is 36.7 Å². The standard InChI is InChI=1S/C14H15Cl2NOS/c1-2-13(14-17-11(7-15)9-19-14)18-8-10-5-3-4-6-12(10)16/h3-6,9,13H,2,7-8H2,1H3. The molecule has 1 aromatic carbocycles. The highest BCUT2D eigenvalue weighted by Gasteiger charge is 2.15. The van der Waals surface area contributed by atoms with Crippen LogP contribution in [0.1, 0.15) is 35.7 Å². The summed E-state index contributed by atoms with van der Waals surface area (Å²) in [6.07, 6.45) is 0.873. The molecule has 0 N–H and O–H groups in total. The smallest absolute Gasteiger partial charge is 0.122 e. The molecule has 0 bridgehead atoms. The van der Waals surface area contributed by atoms with Crippen molar-refractivity contribution in [1.82, 2.24) is 4.98 Å². The SMILES string of the molecule is CCC(OCc1ccccc1Cl)c1nc(CCl)cs1. The first kappa shape index (κ1) is 14.8. The van der Waals surface area contributed by atoms with Gasteiger partial charge in [0.1, 0.15) is 11.1 Å². The third kappa shape index (κ3) is 3.93. The molecule has 0 aliphatic rings. The number of hydrogen-bond acceptors (Lipinski definition) is 3. The molecule has 0 spiro atoms. The summed E-state index contributed by atoms with van der Waals surface area (Å²) < 4.78 is 5.92. The van der Waals surface area contributed by atoms with E-state index < -0.39 is 0 Å². The van der Waals surface area contributed by atoms with Crippen molar-refractivity contribution in [3.63, 3.8) is 0 Å². The van der Waals surface area contributed by atoms with Crippen LogP contribution in [0.5, 0.6) is 0 Å². The van der Waals surface area contributed by atoms with Crippen molar-refractivity contribution < 1.29 is 4.74 Å². The van der Waals surface area contributed by atoms with E-state index in [1.807, 2.05) is 29.6 Å². The van der Waals surface area contributed by atoms with Crippen molar-refractivity contribution in [3.05, 3.63) is 50.9 Å². The van der Waals surface area contributed by atoms with Gasteiger partial charge >= 0.3 is 0 Å². The van der Waals surface area contributed by atoms with Crippen LogP contribution in [-0.4, -0.2) is 4.98 Å². The monoisotopic (exact) mass is 315 g/mol. The van der Waals surface area contributed by atoms with Crippen molar-refractivity contribution in [1.29, 1.82) is 0 Å². The summed E-state index contributed by atoms with van der Waals surface area (Å²) >= 11 is 13.5. The van der Waals surface area contributed by atoms with Gasteiger partial charge in [-0.2, -0.15) is 0 Å².